The molecule has 226 valence electrons. The highest BCUT2D eigenvalue weighted by atomic mass is 16.5. The second-order valence-corrected chi connectivity index (χ2v) is 11.4. The number of ketones is 1. The zero-order valence-corrected chi connectivity index (χ0v) is 25.2. The minimum atomic E-state index is -1.56. The largest absolute Gasteiger partial charge is 0.490 e. The number of benzene rings is 1. The summed E-state index contributed by atoms with van der Waals surface area (Å²) >= 11 is 0. The molecule has 0 spiro atoms. The minimum absolute atomic E-state index is 0.113. The summed E-state index contributed by atoms with van der Waals surface area (Å²) in [6.07, 6.45) is 14.4. The predicted octanol–water partition coefficient (Wildman–Crippen LogP) is 7.20. The number of allylic oxidation sites excluding steroid dienone is 9. The van der Waals surface area contributed by atoms with E-state index in [1.165, 1.54) is 30.1 Å². The third-order valence-electron chi connectivity index (χ3n) is 7.13. The number of hydrogen-bond acceptors (Lipinski definition) is 5. The van der Waals surface area contributed by atoms with Crippen molar-refractivity contribution in [3.63, 3.8) is 0 Å². The lowest BCUT2D eigenvalue weighted by atomic mass is 9.72. The quantitative estimate of drug-likeness (QED) is 0.114. The molecule has 0 bridgehead atoms. The van der Waals surface area contributed by atoms with Gasteiger partial charge < -0.3 is 20.3 Å². The molecule has 8 heteroatoms. The maximum Gasteiger partial charge on any atom is 0.372 e. The lowest BCUT2D eigenvalue weighted by Gasteiger charge is -2.32. The number of nitrogens with one attached hydrogen (secondary N) is 1. The molecular formula is C34H43NO7. The van der Waals surface area contributed by atoms with Crippen molar-refractivity contribution in [2.45, 2.75) is 85.7 Å². The van der Waals surface area contributed by atoms with Gasteiger partial charge >= 0.3 is 11.9 Å². The normalized spacial score (nSPS) is 16.5. The minimum Gasteiger partial charge on any atom is -0.490 e. The molecule has 1 aromatic rings. The Kier molecular flexibility index (Phi) is 13.2. The third kappa shape index (κ3) is 12.1. The number of carbonyl (C=O) groups is 4. The van der Waals surface area contributed by atoms with Crippen LogP contribution < -0.4 is 10.1 Å². The van der Waals surface area contributed by atoms with Crippen molar-refractivity contribution in [2.24, 2.45) is 5.41 Å². The van der Waals surface area contributed by atoms with Gasteiger partial charge in [0, 0.05) is 18.2 Å². The van der Waals surface area contributed by atoms with Gasteiger partial charge in [-0.1, -0.05) is 55.4 Å². The van der Waals surface area contributed by atoms with E-state index in [1.807, 2.05) is 32.1 Å². The number of rotatable bonds is 15. The maximum atomic E-state index is 12.5. The van der Waals surface area contributed by atoms with Gasteiger partial charge in [0.1, 0.15) is 11.9 Å². The lowest BCUT2D eigenvalue weighted by Crippen LogP contribution is -2.25. The summed E-state index contributed by atoms with van der Waals surface area (Å²) in [5, 5.41) is 20.5. The number of carboxylic acids is 2. The van der Waals surface area contributed by atoms with E-state index in [2.05, 4.69) is 38.2 Å². The average Bonchev–Trinajstić information content (AvgIpc) is 2.88. The van der Waals surface area contributed by atoms with Crippen LogP contribution in [0.4, 0.5) is 5.69 Å². The second kappa shape index (κ2) is 16.3. The highest BCUT2D eigenvalue weighted by molar-refractivity contribution is 6.32. The van der Waals surface area contributed by atoms with Crippen LogP contribution in [-0.4, -0.2) is 39.9 Å². The van der Waals surface area contributed by atoms with Crippen LogP contribution in [0.15, 0.2) is 83.0 Å². The van der Waals surface area contributed by atoms with Crippen LogP contribution in [0.5, 0.6) is 5.75 Å². The van der Waals surface area contributed by atoms with Crippen molar-refractivity contribution < 1.29 is 34.1 Å². The molecule has 0 heterocycles. The maximum absolute atomic E-state index is 12.5. The van der Waals surface area contributed by atoms with Crippen molar-refractivity contribution in [1.82, 2.24) is 0 Å². The Hall–Kier alpha value is -4.20. The van der Waals surface area contributed by atoms with Crippen LogP contribution in [0.1, 0.15) is 79.6 Å². The van der Waals surface area contributed by atoms with E-state index in [9.17, 15) is 19.2 Å². The first-order valence-electron chi connectivity index (χ1n) is 14.2. The Bertz CT molecular complexity index is 1290. The van der Waals surface area contributed by atoms with Gasteiger partial charge in [-0.2, -0.15) is 0 Å². The summed E-state index contributed by atoms with van der Waals surface area (Å²) in [5.74, 6) is -3.48. The van der Waals surface area contributed by atoms with E-state index in [0.29, 0.717) is 11.4 Å². The van der Waals surface area contributed by atoms with Gasteiger partial charge in [0.15, 0.2) is 0 Å². The smallest absolute Gasteiger partial charge is 0.372 e. The van der Waals surface area contributed by atoms with E-state index >= 15 is 0 Å². The summed E-state index contributed by atoms with van der Waals surface area (Å²) in [6.45, 7) is 10.7. The van der Waals surface area contributed by atoms with E-state index in [1.54, 1.807) is 24.3 Å². The fourth-order valence-electron chi connectivity index (χ4n) is 4.85. The van der Waals surface area contributed by atoms with E-state index in [-0.39, 0.29) is 37.0 Å². The Morgan fingerprint density at radius 3 is 2.36 bits per heavy atom. The van der Waals surface area contributed by atoms with E-state index in [4.69, 9.17) is 14.9 Å². The van der Waals surface area contributed by atoms with Crippen molar-refractivity contribution >= 4 is 29.3 Å². The molecule has 0 aliphatic heterocycles. The van der Waals surface area contributed by atoms with Gasteiger partial charge in [-0.05, 0) is 93.7 Å². The molecule has 1 atom stereocenters. The predicted molar refractivity (Wildman–Crippen MR) is 164 cm³/mol. The van der Waals surface area contributed by atoms with Gasteiger partial charge in [-0.15, -0.1) is 0 Å². The molecule has 0 radical (unpaired) electrons. The summed E-state index contributed by atoms with van der Waals surface area (Å²) in [7, 11) is 0. The number of amides is 1. The molecule has 1 aromatic carbocycles. The number of Topliss-reactive ketones (excluding diaryl/α,β-unsaturated/α-hetero) is 1. The fraction of sp³-hybridized carbons (Fsp3) is 0.412. The van der Waals surface area contributed by atoms with Crippen LogP contribution in [0.25, 0.3) is 0 Å². The van der Waals surface area contributed by atoms with Crippen LogP contribution in [0, 0.1) is 5.41 Å². The molecule has 1 aliphatic rings. The standard InChI is InChI=1S/C34H43NO7/c1-23(14-19-29-25(3)11-8-20-34(29,4)5)9-6-10-24(2)21-31(37)35-26-15-17-27(18-16-26)42-28(12-7-13-32(38)39)22-30(36)33(40)41/h6,9-10,14-19,21,28H,7-8,11-13,20,22H2,1-5H3,(H,35,37)(H,38,39)(H,40,41)/b10-6+,19-14+,23-9+,24-21+. The summed E-state index contributed by atoms with van der Waals surface area (Å²) in [6, 6.07) is 6.44. The molecule has 8 nitrogen and oxygen atoms in total. The number of hydrogen-bond donors (Lipinski definition) is 3. The third-order valence-corrected chi connectivity index (χ3v) is 7.13. The number of aliphatic carboxylic acids is 2. The van der Waals surface area contributed by atoms with E-state index in [0.717, 1.165) is 17.6 Å². The molecule has 42 heavy (non-hydrogen) atoms. The fourth-order valence-corrected chi connectivity index (χ4v) is 4.85. The summed E-state index contributed by atoms with van der Waals surface area (Å²) < 4.78 is 5.75. The van der Waals surface area contributed by atoms with Gasteiger partial charge in [0.05, 0.1) is 6.42 Å². The molecule has 1 unspecified atom stereocenters. The Labute approximate surface area is 248 Å². The molecule has 0 saturated carbocycles. The molecule has 1 amide bonds. The molecule has 0 fully saturated rings. The van der Waals surface area contributed by atoms with Crippen molar-refractivity contribution in [3.05, 3.63) is 83.0 Å². The SMILES string of the molecule is CC1=C(/C=C/C(C)=C/C=C/C(C)=C/C(=O)Nc2ccc(OC(CCCC(=O)O)CC(=O)C(=O)O)cc2)C(C)(C)CCC1. The van der Waals surface area contributed by atoms with Gasteiger partial charge in [0.25, 0.3) is 0 Å². The van der Waals surface area contributed by atoms with Crippen molar-refractivity contribution in [1.29, 1.82) is 0 Å². The molecule has 1 aliphatic carbocycles. The highest BCUT2D eigenvalue weighted by Gasteiger charge is 2.26. The first-order chi connectivity index (χ1) is 19.8. The second-order valence-electron chi connectivity index (χ2n) is 11.4. The first-order valence-corrected chi connectivity index (χ1v) is 14.2. The van der Waals surface area contributed by atoms with Crippen LogP contribution in [0.3, 0.4) is 0 Å². The van der Waals surface area contributed by atoms with Gasteiger partial charge in [0.2, 0.25) is 11.7 Å². The van der Waals surface area contributed by atoms with Crippen LogP contribution in [0.2, 0.25) is 0 Å². The molecule has 0 saturated heterocycles. The van der Waals surface area contributed by atoms with Crippen LogP contribution in [-0.2, 0) is 19.2 Å². The van der Waals surface area contributed by atoms with Gasteiger partial charge in [-0.25, -0.2) is 4.79 Å². The molecule has 2 rings (SSSR count). The molecule has 3 N–H and O–H groups in total. The highest BCUT2D eigenvalue weighted by Crippen LogP contribution is 2.40. The number of carbonyl (C=O) groups excluding carboxylic acids is 2. The van der Waals surface area contributed by atoms with Crippen molar-refractivity contribution in [3.8, 4) is 5.75 Å². The monoisotopic (exact) mass is 577 g/mol. The summed E-state index contributed by atoms with van der Waals surface area (Å²) in [4.78, 5) is 45.9. The Morgan fingerprint density at radius 2 is 1.74 bits per heavy atom. The Balaban J connectivity index is 1.94. The molecular weight excluding hydrogens is 534 g/mol. The van der Waals surface area contributed by atoms with Crippen molar-refractivity contribution in [2.75, 3.05) is 5.32 Å². The Morgan fingerprint density at radius 1 is 1.05 bits per heavy atom. The molecule has 0 aromatic heterocycles. The van der Waals surface area contributed by atoms with Gasteiger partial charge in [-0.3, -0.25) is 14.4 Å². The number of anilines is 1. The zero-order valence-electron chi connectivity index (χ0n) is 25.2. The zero-order chi connectivity index (χ0) is 31.3. The number of ether oxygens (including phenoxy) is 1. The van der Waals surface area contributed by atoms with Crippen LogP contribution >= 0.6 is 0 Å². The first kappa shape index (κ1) is 34.0. The summed E-state index contributed by atoms with van der Waals surface area (Å²) in [5.41, 5.74) is 5.50. The topological polar surface area (TPSA) is 130 Å². The number of carboxylic acid groups (broad SMARTS) is 2. The van der Waals surface area contributed by atoms with E-state index < -0.39 is 23.8 Å². The lowest BCUT2D eigenvalue weighted by molar-refractivity contribution is -0.150. The average molecular weight is 578 g/mol.